The van der Waals surface area contributed by atoms with E-state index in [2.05, 4.69) is 5.43 Å². The minimum Gasteiger partial charge on any atom is -0.399 e. The van der Waals surface area contributed by atoms with Gasteiger partial charge in [-0.3, -0.25) is 10.2 Å². The first-order valence-electron chi connectivity index (χ1n) is 11.5. The van der Waals surface area contributed by atoms with E-state index in [1.165, 1.54) is 12.8 Å². The normalized spacial score (nSPS) is 16.4. The summed E-state index contributed by atoms with van der Waals surface area (Å²) in [6, 6.07) is 11.3. The van der Waals surface area contributed by atoms with Crippen molar-refractivity contribution in [3.05, 3.63) is 63.3 Å². The maximum Gasteiger partial charge on any atom is 0.286 e. The number of aromatic nitrogens is 2. The number of hydrogen-bond donors (Lipinski definition) is 2. The van der Waals surface area contributed by atoms with Gasteiger partial charge in [0.15, 0.2) is 5.69 Å². The molecule has 1 saturated heterocycles. The van der Waals surface area contributed by atoms with Crippen LogP contribution in [-0.4, -0.2) is 33.8 Å². The van der Waals surface area contributed by atoms with Gasteiger partial charge in [0.05, 0.1) is 16.4 Å². The van der Waals surface area contributed by atoms with Crippen LogP contribution in [-0.2, 0) is 12.8 Å². The van der Waals surface area contributed by atoms with E-state index in [1.807, 2.05) is 29.3 Å². The molecule has 2 heterocycles. The van der Waals surface area contributed by atoms with E-state index in [1.54, 1.807) is 16.8 Å². The van der Waals surface area contributed by atoms with Gasteiger partial charge in [0, 0.05) is 34.9 Å². The number of amides is 1. The molecule has 1 aliphatic carbocycles. The molecule has 0 bridgehead atoms. The Kier molecular flexibility index (Phi) is 6.32. The van der Waals surface area contributed by atoms with E-state index in [4.69, 9.17) is 34.0 Å². The summed E-state index contributed by atoms with van der Waals surface area (Å²) in [7, 11) is 0. The lowest BCUT2D eigenvalue weighted by molar-refractivity contribution is 0.0787. The number of hydrazine groups is 1. The third-order valence-corrected chi connectivity index (χ3v) is 7.00. The molecule has 33 heavy (non-hydrogen) atoms. The standard InChI is InChI=1S/C25H27Cl2N5O/c26-17-8-11-22(21(27)15-17)32-24-19-10-9-18(28)14-16(19)6-5-7-20(24)23(29-32)25(33)30-31-12-3-1-2-4-13-31/h8-11,14-15H,1-7,12-13,28H2,(H,30,33). The zero-order valence-electron chi connectivity index (χ0n) is 18.4. The first-order valence-corrected chi connectivity index (χ1v) is 12.3. The zero-order valence-corrected chi connectivity index (χ0v) is 19.9. The van der Waals surface area contributed by atoms with Crippen molar-refractivity contribution < 1.29 is 4.79 Å². The minimum atomic E-state index is -0.170. The van der Waals surface area contributed by atoms with Gasteiger partial charge in [-0.25, -0.2) is 9.69 Å². The van der Waals surface area contributed by atoms with Crippen LogP contribution in [0.3, 0.4) is 0 Å². The third-order valence-electron chi connectivity index (χ3n) is 6.46. The molecule has 0 radical (unpaired) electrons. The second-order valence-corrected chi connectivity index (χ2v) is 9.64. The van der Waals surface area contributed by atoms with Crippen LogP contribution in [0.15, 0.2) is 36.4 Å². The lowest BCUT2D eigenvalue weighted by atomic mass is 10.0. The summed E-state index contributed by atoms with van der Waals surface area (Å²) in [6.07, 6.45) is 7.11. The molecule has 1 aliphatic heterocycles. The van der Waals surface area contributed by atoms with Gasteiger partial charge >= 0.3 is 0 Å². The number of nitrogens with two attached hydrogens (primary N) is 1. The van der Waals surface area contributed by atoms with Crippen LogP contribution in [0.5, 0.6) is 0 Å². The van der Waals surface area contributed by atoms with E-state index >= 15 is 0 Å². The van der Waals surface area contributed by atoms with Crippen LogP contribution in [0.2, 0.25) is 10.0 Å². The van der Waals surface area contributed by atoms with Crippen LogP contribution >= 0.6 is 23.2 Å². The summed E-state index contributed by atoms with van der Waals surface area (Å²) in [4.78, 5) is 13.5. The number of aryl methyl sites for hydroxylation is 1. The van der Waals surface area contributed by atoms with Crippen molar-refractivity contribution in [3.8, 4) is 16.9 Å². The predicted molar refractivity (Wildman–Crippen MR) is 133 cm³/mol. The molecule has 0 saturated carbocycles. The van der Waals surface area contributed by atoms with Crippen LogP contribution in [0.1, 0.15) is 53.7 Å². The maximum atomic E-state index is 13.5. The fourth-order valence-corrected chi connectivity index (χ4v) is 5.35. The van der Waals surface area contributed by atoms with E-state index in [0.29, 0.717) is 21.4 Å². The van der Waals surface area contributed by atoms with Crippen molar-refractivity contribution >= 4 is 34.8 Å². The van der Waals surface area contributed by atoms with Gasteiger partial charge in [-0.15, -0.1) is 0 Å². The molecule has 172 valence electrons. The molecule has 1 aromatic heterocycles. The number of rotatable bonds is 3. The first kappa shape index (κ1) is 22.3. The van der Waals surface area contributed by atoms with Gasteiger partial charge in [-0.1, -0.05) is 42.1 Å². The monoisotopic (exact) mass is 483 g/mol. The first-order chi connectivity index (χ1) is 16.0. The molecule has 2 aliphatic rings. The summed E-state index contributed by atoms with van der Waals surface area (Å²) in [6.45, 7) is 1.72. The molecule has 8 heteroatoms. The number of nitrogens with zero attached hydrogens (tertiary/aromatic N) is 3. The summed E-state index contributed by atoms with van der Waals surface area (Å²) in [5, 5.41) is 7.88. The average molecular weight is 484 g/mol. The Balaban J connectivity index is 1.64. The number of nitrogen functional groups attached to an aromatic ring is 1. The van der Waals surface area contributed by atoms with Crippen molar-refractivity contribution in [3.63, 3.8) is 0 Å². The highest BCUT2D eigenvalue weighted by Gasteiger charge is 2.29. The Morgan fingerprint density at radius 2 is 1.76 bits per heavy atom. The second kappa shape index (κ2) is 9.37. The molecular weight excluding hydrogens is 457 g/mol. The summed E-state index contributed by atoms with van der Waals surface area (Å²) in [5.41, 5.74) is 15.1. The van der Waals surface area contributed by atoms with Crippen LogP contribution in [0, 0.1) is 0 Å². The van der Waals surface area contributed by atoms with E-state index in [-0.39, 0.29) is 5.91 Å². The number of hydrogen-bond acceptors (Lipinski definition) is 4. The Morgan fingerprint density at radius 3 is 2.52 bits per heavy atom. The molecular formula is C25H27Cl2N5O. The molecule has 0 unspecified atom stereocenters. The van der Waals surface area contributed by atoms with E-state index in [0.717, 1.165) is 73.3 Å². The number of fused-ring (bicyclic) bond motifs is 3. The van der Waals surface area contributed by atoms with Crippen molar-refractivity contribution in [2.24, 2.45) is 0 Å². The van der Waals surface area contributed by atoms with Gasteiger partial charge in [0.2, 0.25) is 0 Å². The lowest BCUT2D eigenvalue weighted by Crippen LogP contribution is -2.43. The van der Waals surface area contributed by atoms with Gasteiger partial charge in [0.25, 0.3) is 5.91 Å². The Hall–Kier alpha value is -2.54. The lowest BCUT2D eigenvalue weighted by Gasteiger charge is -2.20. The second-order valence-electron chi connectivity index (χ2n) is 8.80. The predicted octanol–water partition coefficient (Wildman–Crippen LogP) is 5.44. The fraction of sp³-hybridized carbons (Fsp3) is 0.360. The molecule has 5 rings (SSSR count). The number of nitrogens with one attached hydrogen (secondary N) is 1. The SMILES string of the molecule is Nc1ccc2c(c1)CCCc1c(C(=O)NN3CCCCCC3)nn(-c3ccc(Cl)cc3Cl)c1-2. The van der Waals surface area contributed by atoms with Gasteiger partial charge in [-0.05, 0) is 68.0 Å². The van der Waals surface area contributed by atoms with Crippen molar-refractivity contribution in [1.29, 1.82) is 0 Å². The smallest absolute Gasteiger partial charge is 0.286 e. The summed E-state index contributed by atoms with van der Waals surface area (Å²) < 4.78 is 1.80. The van der Waals surface area contributed by atoms with Crippen molar-refractivity contribution in [1.82, 2.24) is 20.2 Å². The van der Waals surface area contributed by atoms with Crippen molar-refractivity contribution in [2.45, 2.75) is 44.9 Å². The van der Waals surface area contributed by atoms with Crippen molar-refractivity contribution in [2.75, 3.05) is 18.8 Å². The van der Waals surface area contributed by atoms with Crippen LogP contribution in [0.4, 0.5) is 5.69 Å². The number of anilines is 1. The quantitative estimate of drug-likeness (QED) is 0.486. The summed E-state index contributed by atoms with van der Waals surface area (Å²) in [5.74, 6) is -0.170. The van der Waals surface area contributed by atoms with Crippen LogP contribution in [0.25, 0.3) is 16.9 Å². The molecule has 3 N–H and O–H groups in total. The average Bonchev–Trinajstić information content (AvgIpc) is 2.92. The number of carbonyl (C=O) groups is 1. The molecule has 1 amide bonds. The van der Waals surface area contributed by atoms with Gasteiger partial charge < -0.3 is 5.73 Å². The fourth-order valence-electron chi connectivity index (χ4n) is 4.86. The highest BCUT2D eigenvalue weighted by Crippen LogP contribution is 2.38. The molecule has 0 atom stereocenters. The number of benzene rings is 2. The molecule has 3 aromatic rings. The zero-order chi connectivity index (χ0) is 22.9. The Bertz CT molecular complexity index is 1200. The largest absolute Gasteiger partial charge is 0.399 e. The Morgan fingerprint density at radius 1 is 0.970 bits per heavy atom. The molecule has 1 fully saturated rings. The van der Waals surface area contributed by atoms with Gasteiger partial charge in [-0.2, -0.15) is 5.10 Å². The molecule has 2 aromatic carbocycles. The molecule has 6 nitrogen and oxygen atoms in total. The van der Waals surface area contributed by atoms with Gasteiger partial charge in [0.1, 0.15) is 0 Å². The minimum absolute atomic E-state index is 0.170. The topological polar surface area (TPSA) is 76.2 Å². The van der Waals surface area contributed by atoms with E-state index in [9.17, 15) is 4.79 Å². The highest BCUT2D eigenvalue weighted by atomic mass is 35.5. The third kappa shape index (κ3) is 4.47. The Labute approximate surface area is 203 Å². The van der Waals surface area contributed by atoms with Crippen LogP contribution < -0.4 is 11.2 Å². The van der Waals surface area contributed by atoms with E-state index < -0.39 is 0 Å². The summed E-state index contributed by atoms with van der Waals surface area (Å²) >= 11 is 12.7. The molecule has 0 spiro atoms. The number of carbonyl (C=O) groups excluding carboxylic acids is 1. The highest BCUT2D eigenvalue weighted by molar-refractivity contribution is 6.35. The number of halogens is 2. The maximum absolute atomic E-state index is 13.5.